The van der Waals surface area contributed by atoms with Crippen molar-refractivity contribution in [1.82, 2.24) is 19.4 Å². The molecule has 0 amide bonds. The molecule has 1 aliphatic rings. The van der Waals surface area contributed by atoms with Crippen LogP contribution >= 0.6 is 0 Å². The minimum Gasteiger partial charge on any atom is -0.348 e. The zero-order valence-electron chi connectivity index (χ0n) is 11.7. The van der Waals surface area contributed by atoms with Gasteiger partial charge < -0.3 is 14.5 Å². The van der Waals surface area contributed by atoms with Gasteiger partial charge in [0.15, 0.2) is 0 Å². The van der Waals surface area contributed by atoms with E-state index in [1.54, 1.807) is 0 Å². The van der Waals surface area contributed by atoms with Gasteiger partial charge in [-0.05, 0) is 37.9 Å². The van der Waals surface area contributed by atoms with Crippen LogP contribution in [-0.2, 0) is 6.54 Å². The quantitative estimate of drug-likeness (QED) is 0.864. The third-order valence-corrected chi connectivity index (χ3v) is 3.96. The molecule has 3 rings (SSSR count). The second-order valence-corrected chi connectivity index (χ2v) is 5.39. The van der Waals surface area contributed by atoms with Crippen LogP contribution < -0.4 is 5.32 Å². The Morgan fingerprint density at radius 1 is 1.47 bits per heavy atom. The minimum atomic E-state index is 0.453. The first-order valence-corrected chi connectivity index (χ1v) is 7.15. The number of imidazole rings is 1. The Hall–Kier alpha value is -1.55. The van der Waals surface area contributed by atoms with Crippen molar-refractivity contribution in [3.8, 4) is 0 Å². The van der Waals surface area contributed by atoms with Crippen LogP contribution in [0.1, 0.15) is 49.5 Å². The number of aromatic nitrogens is 3. The lowest BCUT2D eigenvalue weighted by molar-refractivity contribution is 0.574. The van der Waals surface area contributed by atoms with Gasteiger partial charge in [-0.25, -0.2) is 4.98 Å². The molecule has 2 heterocycles. The summed E-state index contributed by atoms with van der Waals surface area (Å²) in [6, 6.07) is 3.37. The molecule has 1 unspecified atom stereocenters. The van der Waals surface area contributed by atoms with Crippen LogP contribution in [0.25, 0.3) is 0 Å². The van der Waals surface area contributed by atoms with Gasteiger partial charge in [0.2, 0.25) is 0 Å². The van der Waals surface area contributed by atoms with Crippen molar-refractivity contribution in [1.29, 1.82) is 0 Å². The van der Waals surface area contributed by atoms with E-state index in [9.17, 15) is 0 Å². The van der Waals surface area contributed by atoms with Gasteiger partial charge in [0, 0.05) is 30.7 Å². The monoisotopic (exact) mass is 258 g/mol. The summed E-state index contributed by atoms with van der Waals surface area (Å²) in [5.41, 5.74) is 2.67. The highest BCUT2D eigenvalue weighted by Gasteiger charge is 2.25. The first kappa shape index (κ1) is 12.5. The third kappa shape index (κ3) is 2.59. The number of hydrogen-bond acceptors (Lipinski definition) is 2. The predicted octanol–water partition coefficient (Wildman–Crippen LogP) is 2.74. The molecular formula is C15H22N4. The average Bonchev–Trinajstić information content (AvgIpc) is 2.99. The third-order valence-electron chi connectivity index (χ3n) is 3.96. The first-order chi connectivity index (χ1) is 9.31. The molecule has 102 valence electrons. The highest BCUT2D eigenvalue weighted by Crippen LogP contribution is 2.35. The minimum absolute atomic E-state index is 0.453. The van der Waals surface area contributed by atoms with Crippen LogP contribution in [0, 0.1) is 0 Å². The fourth-order valence-electron chi connectivity index (χ4n) is 2.69. The summed E-state index contributed by atoms with van der Waals surface area (Å²) < 4.78 is 4.58. The van der Waals surface area contributed by atoms with E-state index in [-0.39, 0.29) is 0 Å². The van der Waals surface area contributed by atoms with E-state index in [2.05, 4.69) is 44.8 Å². The molecule has 0 radical (unpaired) electrons. The number of nitrogens with zero attached hydrogens (tertiary/aromatic N) is 3. The Morgan fingerprint density at radius 2 is 2.32 bits per heavy atom. The normalized spacial score (nSPS) is 16.7. The van der Waals surface area contributed by atoms with Gasteiger partial charge in [0.05, 0.1) is 18.6 Å². The van der Waals surface area contributed by atoms with Gasteiger partial charge in [-0.15, -0.1) is 0 Å². The van der Waals surface area contributed by atoms with Crippen molar-refractivity contribution < 1.29 is 0 Å². The molecule has 2 aromatic rings. The molecule has 2 aromatic heterocycles. The first-order valence-electron chi connectivity index (χ1n) is 7.15. The van der Waals surface area contributed by atoms with Crippen molar-refractivity contribution in [3.05, 3.63) is 42.2 Å². The zero-order chi connectivity index (χ0) is 13.2. The summed E-state index contributed by atoms with van der Waals surface area (Å²) in [5.74, 6) is 0. The summed E-state index contributed by atoms with van der Waals surface area (Å²) in [6.45, 7) is 3.12. The van der Waals surface area contributed by atoms with Crippen LogP contribution in [0.5, 0.6) is 0 Å². The van der Waals surface area contributed by atoms with Crippen LogP contribution in [0.15, 0.2) is 31.0 Å². The summed E-state index contributed by atoms with van der Waals surface area (Å²) in [7, 11) is 2.02. The van der Waals surface area contributed by atoms with Crippen molar-refractivity contribution in [3.63, 3.8) is 0 Å². The van der Waals surface area contributed by atoms with Crippen LogP contribution in [0.4, 0.5) is 0 Å². The van der Waals surface area contributed by atoms with Crippen LogP contribution in [-0.4, -0.2) is 21.2 Å². The molecule has 0 aliphatic heterocycles. The lowest BCUT2D eigenvalue weighted by Crippen LogP contribution is -2.14. The maximum Gasteiger partial charge on any atom is 0.0951 e. The summed E-state index contributed by atoms with van der Waals surface area (Å²) >= 11 is 0. The zero-order valence-corrected chi connectivity index (χ0v) is 11.7. The molecule has 0 spiro atoms. The smallest absolute Gasteiger partial charge is 0.0951 e. The molecule has 1 saturated carbocycles. The Labute approximate surface area is 114 Å². The molecule has 0 aromatic carbocycles. The second kappa shape index (κ2) is 5.21. The Bertz CT molecular complexity index is 532. The Balaban J connectivity index is 1.74. The number of nitrogens with one attached hydrogen (secondary N) is 1. The van der Waals surface area contributed by atoms with Crippen molar-refractivity contribution in [2.24, 2.45) is 0 Å². The van der Waals surface area contributed by atoms with E-state index in [1.165, 1.54) is 24.1 Å². The van der Waals surface area contributed by atoms with Crippen LogP contribution in [0.2, 0.25) is 0 Å². The largest absolute Gasteiger partial charge is 0.348 e. The lowest BCUT2D eigenvalue weighted by atomic mass is 10.1. The van der Waals surface area contributed by atoms with E-state index in [0.717, 1.165) is 13.0 Å². The second-order valence-electron chi connectivity index (χ2n) is 5.39. The molecule has 0 saturated heterocycles. The molecular weight excluding hydrogens is 236 g/mol. The Kier molecular flexibility index (Phi) is 3.42. The van der Waals surface area contributed by atoms with E-state index in [1.807, 2.05) is 19.6 Å². The van der Waals surface area contributed by atoms with Crippen LogP contribution in [0.3, 0.4) is 0 Å². The number of hydrogen-bond donors (Lipinski definition) is 1. The van der Waals surface area contributed by atoms with Crippen molar-refractivity contribution >= 4 is 0 Å². The maximum absolute atomic E-state index is 4.29. The fraction of sp³-hybridized carbons (Fsp3) is 0.533. The van der Waals surface area contributed by atoms with Gasteiger partial charge >= 0.3 is 0 Å². The lowest BCUT2D eigenvalue weighted by Gasteiger charge is -2.11. The SMILES string of the molecule is CCC(NC)c1ccn(Cc2cncn2C2CC2)c1. The van der Waals surface area contributed by atoms with Crippen molar-refractivity contribution in [2.75, 3.05) is 7.05 Å². The van der Waals surface area contributed by atoms with Gasteiger partial charge in [0.1, 0.15) is 0 Å². The van der Waals surface area contributed by atoms with Gasteiger partial charge in [-0.1, -0.05) is 6.92 Å². The predicted molar refractivity (Wildman–Crippen MR) is 76.1 cm³/mol. The highest BCUT2D eigenvalue weighted by molar-refractivity contribution is 5.16. The molecule has 19 heavy (non-hydrogen) atoms. The molecule has 1 aliphatic carbocycles. The van der Waals surface area contributed by atoms with E-state index in [0.29, 0.717) is 12.1 Å². The van der Waals surface area contributed by atoms with E-state index < -0.39 is 0 Å². The average molecular weight is 258 g/mol. The van der Waals surface area contributed by atoms with Gasteiger partial charge in [-0.2, -0.15) is 0 Å². The molecule has 0 bridgehead atoms. The van der Waals surface area contributed by atoms with E-state index in [4.69, 9.17) is 0 Å². The fourth-order valence-corrected chi connectivity index (χ4v) is 2.69. The highest BCUT2D eigenvalue weighted by atomic mass is 15.1. The van der Waals surface area contributed by atoms with E-state index >= 15 is 0 Å². The molecule has 4 heteroatoms. The summed E-state index contributed by atoms with van der Waals surface area (Å²) in [4.78, 5) is 4.29. The molecule has 1 fully saturated rings. The number of rotatable bonds is 6. The summed E-state index contributed by atoms with van der Waals surface area (Å²) in [5, 5.41) is 3.35. The Morgan fingerprint density at radius 3 is 3.00 bits per heavy atom. The van der Waals surface area contributed by atoms with Crippen molar-refractivity contribution in [2.45, 2.75) is 44.8 Å². The molecule has 1 atom stereocenters. The topological polar surface area (TPSA) is 34.8 Å². The standard InChI is InChI=1S/C15H22N4/c1-3-15(16-2)12-6-7-18(9-12)10-14-8-17-11-19(14)13-4-5-13/h6-9,11,13,15-16H,3-5,10H2,1-2H3. The molecule has 1 N–H and O–H groups in total. The van der Waals surface area contributed by atoms with Gasteiger partial charge in [-0.3, -0.25) is 0 Å². The summed E-state index contributed by atoms with van der Waals surface area (Å²) in [6.07, 6.45) is 12.1. The maximum atomic E-state index is 4.29. The molecule has 4 nitrogen and oxygen atoms in total. The van der Waals surface area contributed by atoms with Gasteiger partial charge in [0.25, 0.3) is 0 Å².